The van der Waals surface area contributed by atoms with Crippen LogP contribution in [-0.4, -0.2) is 44.8 Å². The molecule has 0 unspecified atom stereocenters. The van der Waals surface area contributed by atoms with Crippen LogP contribution in [0.1, 0.15) is 32.5 Å². The molecule has 0 fully saturated rings. The molecular formula is C21H22ClF3N4O3S. The molecular weight excluding hydrogens is 481 g/mol. The van der Waals surface area contributed by atoms with Crippen LogP contribution in [0.5, 0.6) is 5.75 Å². The number of nitrogens with one attached hydrogen (secondary N) is 1. The highest BCUT2D eigenvalue weighted by Crippen LogP contribution is 2.28. The number of carbonyl (C=O) groups excluding carboxylic acids is 2. The number of ether oxygens (including phenoxy) is 1. The fourth-order valence-electron chi connectivity index (χ4n) is 3.18. The maximum Gasteiger partial charge on any atom is 0.389 e. The first-order valence-electron chi connectivity index (χ1n) is 10.2. The number of amides is 2. The molecule has 1 aromatic carbocycles. The second-order valence-electron chi connectivity index (χ2n) is 7.87. The van der Waals surface area contributed by atoms with E-state index in [0.717, 1.165) is 11.5 Å². The Morgan fingerprint density at radius 2 is 2.06 bits per heavy atom. The van der Waals surface area contributed by atoms with Gasteiger partial charge in [0, 0.05) is 24.0 Å². The minimum absolute atomic E-state index is 0.00220. The monoisotopic (exact) mass is 502 g/mol. The van der Waals surface area contributed by atoms with Gasteiger partial charge in [0.1, 0.15) is 23.4 Å². The molecule has 1 aromatic heterocycles. The van der Waals surface area contributed by atoms with Crippen molar-refractivity contribution in [3.8, 4) is 5.75 Å². The van der Waals surface area contributed by atoms with Gasteiger partial charge in [-0.25, -0.2) is 4.98 Å². The zero-order valence-electron chi connectivity index (χ0n) is 17.9. The Labute approximate surface area is 197 Å². The average molecular weight is 503 g/mol. The topological polar surface area (TPSA) is 84.4 Å². The molecule has 0 radical (unpaired) electrons. The standard InChI is InChI=1S/C21H22ClF3N4O3S/c1-12(2)9-15(19(31)27-20-26-17(28-33-20)7-8-21(23,24)25)29-11-13(10-18(29)30)32-16-6-4-3-5-14(16)22/h3-6,10,12,15H,7-9,11H2,1-2H3,(H,26,27,28,31)/t15-/m0/s1. The van der Waals surface area contributed by atoms with Crippen molar-refractivity contribution < 1.29 is 27.5 Å². The number of anilines is 1. The van der Waals surface area contributed by atoms with Crippen LogP contribution < -0.4 is 10.1 Å². The number of carbonyl (C=O) groups is 2. The van der Waals surface area contributed by atoms with Crippen LogP contribution in [0.15, 0.2) is 36.1 Å². The predicted molar refractivity (Wildman–Crippen MR) is 118 cm³/mol. The molecule has 12 heteroatoms. The number of aryl methyl sites for hydroxylation is 1. The molecule has 0 spiro atoms. The first kappa shape index (κ1) is 25.0. The summed E-state index contributed by atoms with van der Waals surface area (Å²) in [5.41, 5.74) is 0. The molecule has 0 bridgehead atoms. The largest absolute Gasteiger partial charge is 0.458 e. The van der Waals surface area contributed by atoms with Crippen molar-refractivity contribution in [1.29, 1.82) is 0 Å². The van der Waals surface area contributed by atoms with Crippen LogP contribution >= 0.6 is 23.1 Å². The van der Waals surface area contributed by atoms with Gasteiger partial charge in [-0.3, -0.25) is 14.9 Å². The van der Waals surface area contributed by atoms with Crippen molar-refractivity contribution in [3.05, 3.63) is 46.9 Å². The van der Waals surface area contributed by atoms with Gasteiger partial charge in [-0.2, -0.15) is 17.5 Å². The number of aromatic nitrogens is 2. The van der Waals surface area contributed by atoms with E-state index in [1.165, 1.54) is 11.0 Å². The third-order valence-corrected chi connectivity index (χ3v) is 5.66. The first-order chi connectivity index (χ1) is 15.5. The lowest BCUT2D eigenvalue weighted by atomic mass is 10.0. The van der Waals surface area contributed by atoms with E-state index in [9.17, 15) is 22.8 Å². The summed E-state index contributed by atoms with van der Waals surface area (Å²) in [4.78, 5) is 31.0. The Morgan fingerprint density at radius 1 is 1.33 bits per heavy atom. The van der Waals surface area contributed by atoms with Crippen molar-refractivity contribution in [1.82, 2.24) is 14.3 Å². The quantitative estimate of drug-likeness (QED) is 0.530. The van der Waals surface area contributed by atoms with Gasteiger partial charge in [0.15, 0.2) is 0 Å². The van der Waals surface area contributed by atoms with Crippen LogP contribution in [0.3, 0.4) is 0 Å². The summed E-state index contributed by atoms with van der Waals surface area (Å²) < 4.78 is 46.8. The summed E-state index contributed by atoms with van der Waals surface area (Å²) >= 11 is 6.90. The van der Waals surface area contributed by atoms with E-state index in [-0.39, 0.29) is 35.7 Å². The number of para-hydroxylation sites is 1. The van der Waals surface area contributed by atoms with E-state index in [2.05, 4.69) is 14.7 Å². The van der Waals surface area contributed by atoms with Gasteiger partial charge in [-0.15, -0.1) is 0 Å². The first-order valence-corrected chi connectivity index (χ1v) is 11.3. The van der Waals surface area contributed by atoms with Gasteiger partial charge in [0.25, 0.3) is 5.91 Å². The van der Waals surface area contributed by atoms with Crippen molar-refractivity contribution in [2.24, 2.45) is 5.92 Å². The summed E-state index contributed by atoms with van der Waals surface area (Å²) in [7, 11) is 0. The van der Waals surface area contributed by atoms with Crippen molar-refractivity contribution in [2.75, 3.05) is 11.9 Å². The number of halogens is 4. The third kappa shape index (κ3) is 7.16. The second kappa shape index (κ2) is 10.5. The molecule has 178 valence electrons. The normalized spacial score (nSPS) is 15.1. The minimum Gasteiger partial charge on any atom is -0.458 e. The summed E-state index contributed by atoms with van der Waals surface area (Å²) in [5.74, 6) is -0.0599. The SMILES string of the molecule is CC(C)C[C@@H](C(=O)Nc1nc(CCC(F)(F)F)ns1)N1CC(Oc2ccccc2Cl)=CC1=O. The lowest BCUT2D eigenvalue weighted by Crippen LogP contribution is -2.46. The Kier molecular flexibility index (Phi) is 7.96. The van der Waals surface area contributed by atoms with Crippen molar-refractivity contribution in [3.63, 3.8) is 0 Å². The molecule has 0 saturated carbocycles. The molecule has 0 aliphatic carbocycles. The van der Waals surface area contributed by atoms with Crippen LogP contribution in [0, 0.1) is 5.92 Å². The summed E-state index contributed by atoms with van der Waals surface area (Å²) in [6, 6.07) is 5.99. The second-order valence-corrected chi connectivity index (χ2v) is 9.03. The fourth-order valence-corrected chi connectivity index (χ4v) is 3.97. The number of nitrogens with zero attached hydrogens (tertiary/aromatic N) is 3. The summed E-state index contributed by atoms with van der Waals surface area (Å²) in [6.45, 7) is 3.90. The van der Waals surface area contributed by atoms with Gasteiger partial charge >= 0.3 is 6.18 Å². The summed E-state index contributed by atoms with van der Waals surface area (Å²) in [5, 5.41) is 3.05. The van der Waals surface area contributed by atoms with E-state index < -0.39 is 24.5 Å². The van der Waals surface area contributed by atoms with Gasteiger partial charge in [0.2, 0.25) is 11.0 Å². The van der Waals surface area contributed by atoms with Crippen LogP contribution in [0.2, 0.25) is 5.02 Å². The Morgan fingerprint density at radius 3 is 2.73 bits per heavy atom. The predicted octanol–water partition coefficient (Wildman–Crippen LogP) is 4.84. The number of rotatable bonds is 9. The van der Waals surface area contributed by atoms with Crippen LogP contribution in [0.25, 0.3) is 0 Å². The molecule has 33 heavy (non-hydrogen) atoms. The average Bonchev–Trinajstić information content (AvgIpc) is 3.31. The van der Waals surface area contributed by atoms with E-state index in [1.807, 2.05) is 13.8 Å². The number of hydrogen-bond acceptors (Lipinski definition) is 6. The number of alkyl halides is 3. The zero-order valence-corrected chi connectivity index (χ0v) is 19.4. The van der Waals surface area contributed by atoms with E-state index >= 15 is 0 Å². The zero-order chi connectivity index (χ0) is 24.2. The van der Waals surface area contributed by atoms with Crippen molar-refractivity contribution >= 4 is 40.1 Å². The highest BCUT2D eigenvalue weighted by atomic mass is 35.5. The number of benzene rings is 1. The Bertz CT molecular complexity index is 1040. The molecule has 2 amide bonds. The summed E-state index contributed by atoms with van der Waals surface area (Å²) in [6.07, 6.45) is -4.06. The molecule has 3 rings (SSSR count). The van der Waals surface area contributed by atoms with Crippen LogP contribution in [0.4, 0.5) is 18.3 Å². The molecule has 1 atom stereocenters. The Balaban J connectivity index is 1.67. The van der Waals surface area contributed by atoms with Gasteiger partial charge < -0.3 is 9.64 Å². The van der Waals surface area contributed by atoms with Gasteiger partial charge in [-0.1, -0.05) is 37.6 Å². The molecule has 0 saturated heterocycles. The highest BCUT2D eigenvalue weighted by molar-refractivity contribution is 7.09. The maximum absolute atomic E-state index is 13.0. The van der Waals surface area contributed by atoms with E-state index in [1.54, 1.807) is 24.3 Å². The van der Waals surface area contributed by atoms with Crippen molar-refractivity contribution in [2.45, 2.75) is 45.3 Å². The lowest BCUT2D eigenvalue weighted by molar-refractivity contribution is -0.134. The van der Waals surface area contributed by atoms with Gasteiger partial charge in [0.05, 0.1) is 18.0 Å². The molecule has 2 aromatic rings. The minimum atomic E-state index is -4.32. The van der Waals surface area contributed by atoms with Crippen LogP contribution in [-0.2, 0) is 16.0 Å². The molecule has 1 aliphatic rings. The molecule has 2 heterocycles. The smallest absolute Gasteiger partial charge is 0.389 e. The van der Waals surface area contributed by atoms with Gasteiger partial charge in [-0.05, 0) is 24.5 Å². The maximum atomic E-state index is 13.0. The molecule has 1 aliphatic heterocycles. The van der Waals surface area contributed by atoms with E-state index in [4.69, 9.17) is 16.3 Å². The number of hydrogen-bond donors (Lipinski definition) is 1. The fraction of sp³-hybridized carbons (Fsp3) is 0.429. The lowest BCUT2D eigenvalue weighted by Gasteiger charge is -2.28. The molecule has 1 N–H and O–H groups in total. The molecule has 7 nitrogen and oxygen atoms in total. The Hall–Kier alpha value is -2.66. The third-order valence-electron chi connectivity index (χ3n) is 4.68. The van der Waals surface area contributed by atoms with E-state index in [0.29, 0.717) is 23.0 Å². The highest BCUT2D eigenvalue weighted by Gasteiger charge is 2.35.